The number of amides is 1. The number of nitrogen functional groups attached to an aromatic ring is 1. The molecule has 0 aliphatic carbocycles. The summed E-state index contributed by atoms with van der Waals surface area (Å²) in [6.45, 7) is 5.04. The smallest absolute Gasteiger partial charge is 0.245 e. The predicted molar refractivity (Wildman–Crippen MR) is 70.3 cm³/mol. The van der Waals surface area contributed by atoms with Crippen molar-refractivity contribution in [2.45, 2.75) is 19.4 Å². The van der Waals surface area contributed by atoms with E-state index in [0.29, 0.717) is 23.8 Å². The monoisotopic (exact) mass is 253 g/mol. The van der Waals surface area contributed by atoms with E-state index >= 15 is 0 Å². The first-order valence-electron chi connectivity index (χ1n) is 5.54. The van der Waals surface area contributed by atoms with Crippen LogP contribution in [-0.4, -0.2) is 24.5 Å². The van der Waals surface area contributed by atoms with Gasteiger partial charge in [-0.05, 0) is 26.0 Å². The largest absolute Gasteiger partial charge is 0.397 e. The lowest BCUT2D eigenvalue weighted by molar-refractivity contribution is -0.126. The Morgan fingerprint density at radius 3 is 2.82 bits per heavy atom. The van der Waals surface area contributed by atoms with E-state index < -0.39 is 5.54 Å². The first kappa shape index (κ1) is 12.0. The number of benzene rings is 1. The molecule has 1 aromatic carbocycles. The molecule has 0 unspecified atom stereocenters. The van der Waals surface area contributed by atoms with Crippen molar-refractivity contribution in [3.63, 3.8) is 0 Å². The summed E-state index contributed by atoms with van der Waals surface area (Å²) in [6.07, 6.45) is 0. The molecule has 0 bridgehead atoms. The van der Waals surface area contributed by atoms with Gasteiger partial charge in [0, 0.05) is 13.1 Å². The second-order valence-corrected chi connectivity index (χ2v) is 5.05. The van der Waals surface area contributed by atoms with E-state index in [1.165, 1.54) is 0 Å². The number of hydrogen-bond acceptors (Lipinski definition) is 3. The summed E-state index contributed by atoms with van der Waals surface area (Å²) >= 11 is 6.18. The minimum atomic E-state index is -0.642. The van der Waals surface area contributed by atoms with Crippen LogP contribution in [0.25, 0.3) is 0 Å². The summed E-state index contributed by atoms with van der Waals surface area (Å²) in [5.41, 5.74) is 6.66. The Bertz CT molecular complexity index is 439. The molecule has 0 radical (unpaired) electrons. The zero-order valence-corrected chi connectivity index (χ0v) is 10.7. The van der Waals surface area contributed by atoms with Gasteiger partial charge in [0.15, 0.2) is 0 Å². The molecule has 92 valence electrons. The zero-order valence-electron chi connectivity index (χ0n) is 9.96. The van der Waals surface area contributed by atoms with Crippen LogP contribution in [0.15, 0.2) is 18.2 Å². The Morgan fingerprint density at radius 1 is 1.47 bits per heavy atom. The maximum atomic E-state index is 11.9. The fourth-order valence-corrected chi connectivity index (χ4v) is 2.39. The number of nitrogens with zero attached hydrogens (tertiary/aromatic N) is 1. The van der Waals surface area contributed by atoms with Crippen LogP contribution in [0, 0.1) is 0 Å². The summed E-state index contributed by atoms with van der Waals surface area (Å²) in [6, 6.07) is 5.39. The van der Waals surface area contributed by atoms with Crippen LogP contribution in [0.4, 0.5) is 11.4 Å². The normalized spacial score (nSPS) is 19.0. The molecule has 3 N–H and O–H groups in total. The SMILES string of the molecule is CC1(C)C(=O)NCCN1c1c(N)cccc1Cl. The summed E-state index contributed by atoms with van der Waals surface area (Å²) in [7, 11) is 0. The van der Waals surface area contributed by atoms with Gasteiger partial charge in [0.25, 0.3) is 0 Å². The van der Waals surface area contributed by atoms with Crippen molar-refractivity contribution in [2.24, 2.45) is 0 Å². The molecular formula is C12H16ClN3O. The molecule has 1 heterocycles. The number of halogens is 1. The lowest BCUT2D eigenvalue weighted by Crippen LogP contribution is -2.62. The molecule has 1 saturated heterocycles. The van der Waals surface area contributed by atoms with Gasteiger partial charge in [0.2, 0.25) is 5.91 Å². The fourth-order valence-electron chi connectivity index (χ4n) is 2.11. The highest BCUT2D eigenvalue weighted by molar-refractivity contribution is 6.34. The van der Waals surface area contributed by atoms with Crippen LogP contribution in [0.5, 0.6) is 0 Å². The van der Waals surface area contributed by atoms with Crippen molar-refractivity contribution in [1.82, 2.24) is 5.32 Å². The summed E-state index contributed by atoms with van der Waals surface area (Å²) in [4.78, 5) is 13.8. The molecule has 0 saturated carbocycles. The molecule has 1 amide bonds. The highest BCUT2D eigenvalue weighted by Gasteiger charge is 2.39. The highest BCUT2D eigenvalue weighted by atomic mass is 35.5. The van der Waals surface area contributed by atoms with Crippen molar-refractivity contribution in [1.29, 1.82) is 0 Å². The summed E-state index contributed by atoms with van der Waals surface area (Å²) < 4.78 is 0. The lowest BCUT2D eigenvalue weighted by atomic mass is 9.97. The molecule has 0 spiro atoms. The third-order valence-corrected chi connectivity index (χ3v) is 3.44. The van der Waals surface area contributed by atoms with E-state index in [-0.39, 0.29) is 5.91 Å². The number of nitrogens with one attached hydrogen (secondary N) is 1. The van der Waals surface area contributed by atoms with Crippen LogP contribution < -0.4 is 16.0 Å². The first-order chi connectivity index (χ1) is 7.94. The molecule has 5 heteroatoms. The van der Waals surface area contributed by atoms with Crippen LogP contribution in [-0.2, 0) is 4.79 Å². The van der Waals surface area contributed by atoms with Gasteiger partial charge in [-0.15, -0.1) is 0 Å². The van der Waals surface area contributed by atoms with Gasteiger partial charge in [-0.25, -0.2) is 0 Å². The minimum Gasteiger partial charge on any atom is -0.397 e. The quantitative estimate of drug-likeness (QED) is 0.748. The summed E-state index contributed by atoms with van der Waals surface area (Å²) in [5.74, 6) is -0.0110. The average Bonchev–Trinajstić information content (AvgIpc) is 2.24. The van der Waals surface area contributed by atoms with Crippen molar-refractivity contribution in [2.75, 3.05) is 23.7 Å². The van der Waals surface area contributed by atoms with Crippen molar-refractivity contribution in [3.05, 3.63) is 23.2 Å². The number of piperazine rings is 1. The van der Waals surface area contributed by atoms with E-state index in [4.69, 9.17) is 17.3 Å². The average molecular weight is 254 g/mol. The molecule has 1 aromatic rings. The summed E-state index contributed by atoms with van der Waals surface area (Å²) in [5, 5.41) is 3.42. The van der Waals surface area contributed by atoms with E-state index in [1.54, 1.807) is 18.2 Å². The van der Waals surface area contributed by atoms with Gasteiger partial charge < -0.3 is 16.0 Å². The molecular weight excluding hydrogens is 238 g/mol. The number of para-hydroxylation sites is 1. The van der Waals surface area contributed by atoms with E-state index in [0.717, 1.165) is 5.69 Å². The molecule has 1 aliphatic rings. The minimum absolute atomic E-state index is 0.0110. The predicted octanol–water partition coefficient (Wildman–Crippen LogP) is 1.64. The molecule has 0 aromatic heterocycles. The van der Waals surface area contributed by atoms with Gasteiger partial charge in [-0.2, -0.15) is 0 Å². The fraction of sp³-hybridized carbons (Fsp3) is 0.417. The molecule has 0 atom stereocenters. The molecule has 1 aliphatic heterocycles. The third kappa shape index (κ3) is 1.93. The van der Waals surface area contributed by atoms with Gasteiger partial charge >= 0.3 is 0 Å². The number of carbonyl (C=O) groups is 1. The Labute approximate surface area is 106 Å². The third-order valence-electron chi connectivity index (χ3n) is 3.14. The Balaban J connectivity index is 2.49. The zero-order chi connectivity index (χ0) is 12.6. The van der Waals surface area contributed by atoms with E-state index in [1.807, 2.05) is 18.7 Å². The maximum Gasteiger partial charge on any atom is 0.245 e. The topological polar surface area (TPSA) is 58.4 Å². The van der Waals surface area contributed by atoms with Gasteiger partial charge in [-0.3, -0.25) is 4.79 Å². The molecule has 4 nitrogen and oxygen atoms in total. The van der Waals surface area contributed by atoms with Gasteiger partial charge in [-0.1, -0.05) is 17.7 Å². The standard InChI is InChI=1S/C12H16ClN3O/c1-12(2)11(17)15-6-7-16(12)10-8(13)4-3-5-9(10)14/h3-5H,6-7,14H2,1-2H3,(H,15,17). The highest BCUT2D eigenvalue weighted by Crippen LogP contribution is 2.36. The van der Waals surface area contributed by atoms with Crippen molar-refractivity contribution >= 4 is 28.9 Å². The van der Waals surface area contributed by atoms with E-state index in [2.05, 4.69) is 5.32 Å². The number of hydrogen-bond donors (Lipinski definition) is 2. The Hall–Kier alpha value is -1.42. The van der Waals surface area contributed by atoms with E-state index in [9.17, 15) is 4.79 Å². The number of carbonyl (C=O) groups excluding carboxylic acids is 1. The van der Waals surface area contributed by atoms with Crippen molar-refractivity contribution < 1.29 is 4.79 Å². The number of anilines is 2. The Morgan fingerprint density at radius 2 is 2.18 bits per heavy atom. The maximum absolute atomic E-state index is 11.9. The molecule has 17 heavy (non-hydrogen) atoms. The lowest BCUT2D eigenvalue weighted by Gasteiger charge is -2.43. The van der Waals surface area contributed by atoms with Gasteiger partial charge in [0.05, 0.1) is 16.4 Å². The number of rotatable bonds is 1. The van der Waals surface area contributed by atoms with Crippen molar-refractivity contribution in [3.8, 4) is 0 Å². The van der Waals surface area contributed by atoms with Crippen LogP contribution in [0.3, 0.4) is 0 Å². The number of nitrogens with two attached hydrogens (primary N) is 1. The van der Waals surface area contributed by atoms with Crippen LogP contribution >= 0.6 is 11.6 Å². The molecule has 1 fully saturated rings. The molecule has 2 rings (SSSR count). The Kier molecular flexibility index (Phi) is 2.91. The van der Waals surface area contributed by atoms with Crippen LogP contribution in [0.2, 0.25) is 5.02 Å². The second-order valence-electron chi connectivity index (χ2n) is 4.64. The second kappa shape index (κ2) is 4.11. The first-order valence-corrected chi connectivity index (χ1v) is 5.92. The van der Waals surface area contributed by atoms with Crippen LogP contribution in [0.1, 0.15) is 13.8 Å². The van der Waals surface area contributed by atoms with Gasteiger partial charge in [0.1, 0.15) is 5.54 Å².